The molecule has 92 valence electrons. The van der Waals surface area contributed by atoms with Crippen molar-refractivity contribution in [1.29, 1.82) is 0 Å². The normalized spacial score (nSPS) is 11.4. The molecule has 18 heavy (non-hydrogen) atoms. The highest BCUT2D eigenvalue weighted by atomic mass is 15.3. The topological polar surface area (TPSA) is 76.2 Å². The number of para-hydroxylation sites is 1. The first-order chi connectivity index (χ1) is 8.70. The summed E-state index contributed by atoms with van der Waals surface area (Å²) in [6, 6.07) is 11.5. The van der Waals surface area contributed by atoms with E-state index >= 15 is 0 Å². The van der Waals surface area contributed by atoms with E-state index in [1.165, 1.54) is 0 Å². The third-order valence-electron chi connectivity index (χ3n) is 2.49. The Morgan fingerprint density at radius 3 is 2.56 bits per heavy atom. The van der Waals surface area contributed by atoms with Crippen LogP contribution in [0, 0.1) is 13.8 Å². The number of hydrazine groups is 1. The van der Waals surface area contributed by atoms with Crippen LogP contribution in [-0.2, 0) is 0 Å². The molecule has 0 amide bonds. The Morgan fingerprint density at radius 2 is 1.89 bits per heavy atom. The molecule has 5 heteroatoms. The molecule has 5 nitrogen and oxygen atoms in total. The molecule has 0 unspecified atom stereocenters. The van der Waals surface area contributed by atoms with Crippen molar-refractivity contribution < 1.29 is 0 Å². The first kappa shape index (κ1) is 12.2. The molecule has 1 aromatic carbocycles. The number of nitrogens with zero attached hydrogens (tertiary/aromatic N) is 3. The van der Waals surface area contributed by atoms with E-state index in [2.05, 4.69) is 20.6 Å². The zero-order valence-corrected chi connectivity index (χ0v) is 10.4. The van der Waals surface area contributed by atoms with Gasteiger partial charge in [-0.1, -0.05) is 18.2 Å². The molecular weight excluding hydrogens is 226 g/mol. The van der Waals surface area contributed by atoms with Gasteiger partial charge in [0.05, 0.1) is 17.1 Å². The third-order valence-corrected chi connectivity index (χ3v) is 2.49. The van der Waals surface area contributed by atoms with Gasteiger partial charge in [0.15, 0.2) is 0 Å². The molecular formula is C13H15N5. The van der Waals surface area contributed by atoms with Gasteiger partial charge in [0.25, 0.3) is 0 Å². The summed E-state index contributed by atoms with van der Waals surface area (Å²) >= 11 is 0. The number of hydrogen-bond donors (Lipinski definition) is 2. The molecule has 0 aliphatic rings. The van der Waals surface area contributed by atoms with Gasteiger partial charge >= 0.3 is 0 Å². The van der Waals surface area contributed by atoms with E-state index in [1.54, 1.807) is 0 Å². The summed E-state index contributed by atoms with van der Waals surface area (Å²) < 4.78 is 0. The van der Waals surface area contributed by atoms with E-state index < -0.39 is 0 Å². The predicted octanol–water partition coefficient (Wildman–Crippen LogP) is 1.64. The second kappa shape index (κ2) is 5.37. The quantitative estimate of drug-likeness (QED) is 0.362. The maximum absolute atomic E-state index is 5.54. The average molecular weight is 241 g/mol. The summed E-state index contributed by atoms with van der Waals surface area (Å²) in [6.45, 7) is 3.76. The fourth-order valence-corrected chi connectivity index (χ4v) is 1.59. The second-order valence-corrected chi connectivity index (χ2v) is 3.93. The fraction of sp³-hybridized carbons (Fsp3) is 0.154. The van der Waals surface area contributed by atoms with Crippen LogP contribution in [0.1, 0.15) is 17.0 Å². The maximum Gasteiger partial charge on any atom is 0.149 e. The lowest BCUT2D eigenvalue weighted by Gasteiger charge is -2.08. The van der Waals surface area contributed by atoms with E-state index in [1.807, 2.05) is 50.2 Å². The molecule has 1 aromatic heterocycles. The molecule has 0 atom stereocenters. The van der Waals surface area contributed by atoms with E-state index in [-0.39, 0.29) is 0 Å². The van der Waals surface area contributed by atoms with Crippen molar-refractivity contribution in [2.75, 3.05) is 0 Å². The van der Waals surface area contributed by atoms with Gasteiger partial charge in [0.2, 0.25) is 0 Å². The zero-order chi connectivity index (χ0) is 13.0. The molecule has 0 aliphatic carbocycles. The van der Waals surface area contributed by atoms with Gasteiger partial charge in [0.1, 0.15) is 5.84 Å². The highest BCUT2D eigenvalue weighted by Crippen LogP contribution is 2.13. The summed E-state index contributed by atoms with van der Waals surface area (Å²) in [4.78, 5) is 4.46. The molecule has 0 saturated heterocycles. The van der Waals surface area contributed by atoms with Gasteiger partial charge in [-0.05, 0) is 32.0 Å². The van der Waals surface area contributed by atoms with E-state index in [0.717, 1.165) is 22.6 Å². The molecule has 3 N–H and O–H groups in total. The third kappa shape index (κ3) is 2.70. The molecule has 0 spiro atoms. The number of nitrogens with two attached hydrogens (primary N) is 1. The summed E-state index contributed by atoms with van der Waals surface area (Å²) in [5, 5.41) is 8.05. The fourth-order valence-electron chi connectivity index (χ4n) is 1.59. The standard InChI is InChI=1S/C13H15N5/c1-9-8-12(10(2)18-17-9)13(16-14)15-11-6-4-3-5-7-11/h3-8H,14H2,1-2H3,(H,15,16). The van der Waals surface area contributed by atoms with Crippen LogP contribution in [0.3, 0.4) is 0 Å². The van der Waals surface area contributed by atoms with Gasteiger partial charge in [0, 0.05) is 5.56 Å². The monoisotopic (exact) mass is 241 g/mol. The molecule has 0 saturated carbocycles. The molecule has 2 rings (SSSR count). The van der Waals surface area contributed by atoms with Crippen molar-refractivity contribution in [2.24, 2.45) is 10.8 Å². The molecule has 0 radical (unpaired) electrons. The van der Waals surface area contributed by atoms with Gasteiger partial charge in [-0.25, -0.2) is 10.8 Å². The van der Waals surface area contributed by atoms with Crippen LogP contribution in [0.15, 0.2) is 41.4 Å². The number of amidine groups is 1. The Kier molecular flexibility index (Phi) is 3.64. The van der Waals surface area contributed by atoms with Crippen molar-refractivity contribution in [1.82, 2.24) is 15.6 Å². The summed E-state index contributed by atoms with van der Waals surface area (Å²) in [6.07, 6.45) is 0. The summed E-state index contributed by atoms with van der Waals surface area (Å²) in [5.74, 6) is 6.12. The van der Waals surface area contributed by atoms with Crippen LogP contribution in [0.4, 0.5) is 5.69 Å². The van der Waals surface area contributed by atoms with Crippen molar-refractivity contribution in [3.63, 3.8) is 0 Å². The average Bonchev–Trinajstić information content (AvgIpc) is 2.40. The second-order valence-electron chi connectivity index (χ2n) is 3.93. The molecule has 0 bridgehead atoms. The van der Waals surface area contributed by atoms with Gasteiger partial charge in [-0.3, -0.25) is 0 Å². The SMILES string of the molecule is Cc1cc(C(=Nc2ccccc2)NN)c(C)nn1. The number of aryl methyl sites for hydroxylation is 2. The Labute approximate surface area is 106 Å². The Morgan fingerprint density at radius 1 is 1.17 bits per heavy atom. The van der Waals surface area contributed by atoms with Gasteiger partial charge in [-0.2, -0.15) is 10.2 Å². The van der Waals surface area contributed by atoms with Crippen molar-refractivity contribution in [2.45, 2.75) is 13.8 Å². The summed E-state index contributed by atoms with van der Waals surface area (Å²) in [7, 11) is 0. The first-order valence-electron chi connectivity index (χ1n) is 5.62. The highest BCUT2D eigenvalue weighted by molar-refractivity contribution is 6.00. The van der Waals surface area contributed by atoms with Crippen LogP contribution >= 0.6 is 0 Å². The van der Waals surface area contributed by atoms with E-state index in [9.17, 15) is 0 Å². The van der Waals surface area contributed by atoms with Crippen LogP contribution in [0.25, 0.3) is 0 Å². The number of aromatic nitrogens is 2. The Bertz CT molecular complexity index is 563. The lowest BCUT2D eigenvalue weighted by atomic mass is 10.2. The minimum Gasteiger partial charge on any atom is -0.308 e. The minimum absolute atomic E-state index is 0.580. The number of aliphatic imine (C=N–C) groups is 1. The van der Waals surface area contributed by atoms with E-state index in [0.29, 0.717) is 5.84 Å². The van der Waals surface area contributed by atoms with Crippen molar-refractivity contribution >= 4 is 11.5 Å². The van der Waals surface area contributed by atoms with E-state index in [4.69, 9.17) is 5.84 Å². The van der Waals surface area contributed by atoms with Crippen molar-refractivity contribution in [3.05, 3.63) is 53.3 Å². The Hall–Kier alpha value is -2.27. The largest absolute Gasteiger partial charge is 0.308 e. The number of nitrogens with one attached hydrogen (secondary N) is 1. The van der Waals surface area contributed by atoms with Crippen LogP contribution < -0.4 is 11.3 Å². The van der Waals surface area contributed by atoms with Crippen LogP contribution in [0.5, 0.6) is 0 Å². The van der Waals surface area contributed by atoms with Gasteiger partial charge < -0.3 is 5.43 Å². The zero-order valence-electron chi connectivity index (χ0n) is 10.4. The number of benzene rings is 1. The highest BCUT2D eigenvalue weighted by Gasteiger charge is 2.08. The smallest absolute Gasteiger partial charge is 0.149 e. The van der Waals surface area contributed by atoms with Crippen molar-refractivity contribution in [3.8, 4) is 0 Å². The molecule has 0 fully saturated rings. The number of rotatable bonds is 2. The maximum atomic E-state index is 5.54. The van der Waals surface area contributed by atoms with Gasteiger partial charge in [-0.15, -0.1) is 0 Å². The van der Waals surface area contributed by atoms with Crippen LogP contribution in [0.2, 0.25) is 0 Å². The molecule has 1 heterocycles. The predicted molar refractivity (Wildman–Crippen MR) is 71.5 cm³/mol. The Balaban J connectivity index is 2.45. The molecule has 0 aliphatic heterocycles. The van der Waals surface area contributed by atoms with Crippen LogP contribution in [-0.4, -0.2) is 16.0 Å². The summed E-state index contributed by atoms with van der Waals surface area (Å²) in [5.41, 5.74) is 5.92. The first-order valence-corrected chi connectivity index (χ1v) is 5.62. The molecule has 2 aromatic rings. The minimum atomic E-state index is 0.580. The number of hydrogen-bond acceptors (Lipinski definition) is 4. The lowest BCUT2D eigenvalue weighted by Crippen LogP contribution is -2.31. The lowest BCUT2D eigenvalue weighted by molar-refractivity contribution is 0.925.